The van der Waals surface area contributed by atoms with Crippen LogP contribution in [0.4, 0.5) is 8.78 Å². The highest BCUT2D eigenvalue weighted by Gasteiger charge is 2.16. The van der Waals surface area contributed by atoms with Gasteiger partial charge in [0.15, 0.2) is 6.29 Å². The van der Waals surface area contributed by atoms with Crippen LogP contribution in [0.3, 0.4) is 0 Å². The molecule has 6 heteroatoms. The maximum absolute atomic E-state index is 12.3. The van der Waals surface area contributed by atoms with Gasteiger partial charge in [-0.25, -0.2) is 13.8 Å². The van der Waals surface area contributed by atoms with Gasteiger partial charge >= 0.3 is 0 Å². The van der Waals surface area contributed by atoms with Gasteiger partial charge in [0.1, 0.15) is 10.8 Å². The zero-order valence-corrected chi connectivity index (χ0v) is 8.44. The molecule has 0 amide bonds. The topological polar surface area (TPSA) is 30.0 Å². The molecule has 1 aromatic heterocycles. The molecule has 1 rings (SSSR count). The number of carbonyl (C=O) groups excluding carboxylic acids is 1. The smallest absolute Gasteiger partial charge is 0.265 e. The number of halogens is 4. The number of carbonyl (C=O) groups is 1. The first-order chi connectivity index (χ1) is 6.06. The molecule has 70 valence electrons. The van der Waals surface area contributed by atoms with E-state index in [1.165, 1.54) is 0 Å². The summed E-state index contributed by atoms with van der Waals surface area (Å²) in [6.45, 7) is 0. The Kier molecular flexibility index (Phi) is 3.33. The fraction of sp³-hybridized carbons (Fsp3) is 0.143. The molecule has 0 radical (unpaired) electrons. The summed E-state index contributed by atoms with van der Waals surface area (Å²) in [5, 5.41) is -0.124. The summed E-state index contributed by atoms with van der Waals surface area (Å²) in [6.07, 6.45) is -2.32. The molecule has 0 aliphatic carbocycles. The van der Waals surface area contributed by atoms with Crippen molar-refractivity contribution < 1.29 is 13.6 Å². The average molecular weight is 270 g/mol. The molecule has 0 aliphatic heterocycles. The molecule has 0 saturated heterocycles. The third kappa shape index (κ3) is 2.22. The lowest BCUT2D eigenvalue weighted by atomic mass is 10.2. The fourth-order valence-corrected chi connectivity index (χ4v) is 1.45. The number of alkyl halides is 2. The Hall–Kier alpha value is -0.550. The van der Waals surface area contributed by atoms with E-state index >= 15 is 0 Å². The second kappa shape index (κ2) is 4.11. The van der Waals surface area contributed by atoms with Crippen molar-refractivity contribution in [3.05, 3.63) is 26.9 Å². The predicted octanol–water partition coefficient (Wildman–Crippen LogP) is 3.25. The first-order valence-electron chi connectivity index (χ1n) is 3.15. The van der Waals surface area contributed by atoms with Crippen molar-refractivity contribution in [1.82, 2.24) is 4.98 Å². The molecule has 0 saturated carbocycles. The molecule has 0 spiro atoms. The van der Waals surface area contributed by atoms with Gasteiger partial charge in [0.2, 0.25) is 0 Å². The van der Waals surface area contributed by atoms with Gasteiger partial charge in [0.05, 0.1) is 4.47 Å². The SMILES string of the molecule is O=Cc1nc(Cl)cc(C(F)F)c1Br. The van der Waals surface area contributed by atoms with Gasteiger partial charge in [-0.2, -0.15) is 0 Å². The molecule has 0 bridgehead atoms. The van der Waals surface area contributed by atoms with Crippen LogP contribution in [0.1, 0.15) is 22.5 Å². The van der Waals surface area contributed by atoms with Crippen molar-refractivity contribution in [3.8, 4) is 0 Å². The Labute approximate surface area is 86.0 Å². The van der Waals surface area contributed by atoms with E-state index in [4.69, 9.17) is 11.6 Å². The monoisotopic (exact) mass is 269 g/mol. The number of aromatic nitrogens is 1. The molecule has 0 N–H and O–H groups in total. The van der Waals surface area contributed by atoms with Gasteiger partial charge in [-0.15, -0.1) is 0 Å². The number of nitrogens with zero attached hydrogens (tertiary/aromatic N) is 1. The lowest BCUT2D eigenvalue weighted by Crippen LogP contribution is -1.96. The summed E-state index contributed by atoms with van der Waals surface area (Å²) in [6, 6.07) is 1.02. The minimum atomic E-state index is -2.69. The molecule has 0 fully saturated rings. The second-order valence-electron chi connectivity index (χ2n) is 2.15. The quantitative estimate of drug-likeness (QED) is 0.610. The average Bonchev–Trinajstić information content (AvgIpc) is 2.08. The Morgan fingerprint density at radius 2 is 2.23 bits per heavy atom. The van der Waals surface area contributed by atoms with Crippen LogP contribution in [0.25, 0.3) is 0 Å². The zero-order valence-electron chi connectivity index (χ0n) is 6.10. The minimum absolute atomic E-state index is 0.0121. The van der Waals surface area contributed by atoms with Crippen molar-refractivity contribution in [3.63, 3.8) is 0 Å². The Bertz CT molecular complexity index is 346. The number of pyridine rings is 1. The van der Waals surface area contributed by atoms with Crippen molar-refractivity contribution in [2.75, 3.05) is 0 Å². The maximum Gasteiger partial charge on any atom is 0.265 e. The van der Waals surface area contributed by atoms with E-state index in [2.05, 4.69) is 20.9 Å². The van der Waals surface area contributed by atoms with Gasteiger partial charge in [0.25, 0.3) is 6.43 Å². The molecule has 2 nitrogen and oxygen atoms in total. The highest BCUT2D eigenvalue weighted by molar-refractivity contribution is 9.10. The van der Waals surface area contributed by atoms with Gasteiger partial charge in [0, 0.05) is 5.56 Å². The Morgan fingerprint density at radius 3 is 2.69 bits per heavy atom. The van der Waals surface area contributed by atoms with Gasteiger partial charge in [-0.3, -0.25) is 4.79 Å². The highest BCUT2D eigenvalue weighted by atomic mass is 79.9. The number of hydrogen-bond donors (Lipinski definition) is 0. The van der Waals surface area contributed by atoms with E-state index in [1.807, 2.05) is 0 Å². The third-order valence-electron chi connectivity index (χ3n) is 1.33. The van der Waals surface area contributed by atoms with E-state index in [0.717, 1.165) is 6.07 Å². The van der Waals surface area contributed by atoms with Crippen LogP contribution in [0.15, 0.2) is 10.5 Å². The lowest BCUT2D eigenvalue weighted by molar-refractivity contribution is 0.111. The number of aldehydes is 1. The van der Waals surface area contributed by atoms with Crippen molar-refractivity contribution >= 4 is 33.8 Å². The van der Waals surface area contributed by atoms with Crippen molar-refractivity contribution in [2.24, 2.45) is 0 Å². The van der Waals surface area contributed by atoms with Crippen LogP contribution >= 0.6 is 27.5 Å². The van der Waals surface area contributed by atoms with Crippen molar-refractivity contribution in [2.45, 2.75) is 6.43 Å². The summed E-state index contributed by atoms with van der Waals surface area (Å²) in [5.41, 5.74) is -0.454. The van der Waals surface area contributed by atoms with Crippen LogP contribution in [0, 0.1) is 0 Å². The second-order valence-corrected chi connectivity index (χ2v) is 3.33. The van der Waals surface area contributed by atoms with Gasteiger partial charge in [-0.1, -0.05) is 11.6 Å². The zero-order chi connectivity index (χ0) is 10.0. The van der Waals surface area contributed by atoms with Crippen LogP contribution in [-0.2, 0) is 0 Å². The molecule has 0 atom stereocenters. The summed E-state index contributed by atoms with van der Waals surface area (Å²) in [7, 11) is 0. The van der Waals surface area contributed by atoms with Crippen molar-refractivity contribution in [1.29, 1.82) is 0 Å². The molecule has 1 aromatic rings. The summed E-state index contributed by atoms with van der Waals surface area (Å²) in [4.78, 5) is 13.9. The molecule has 0 aliphatic rings. The first kappa shape index (κ1) is 10.5. The fourth-order valence-electron chi connectivity index (χ4n) is 0.773. The number of rotatable bonds is 2. The van der Waals surface area contributed by atoms with Crippen LogP contribution in [0.5, 0.6) is 0 Å². The summed E-state index contributed by atoms with van der Waals surface area (Å²) in [5.74, 6) is 0. The van der Waals surface area contributed by atoms with Crippen LogP contribution < -0.4 is 0 Å². The molecule has 0 unspecified atom stereocenters. The molecular weight excluding hydrogens is 267 g/mol. The summed E-state index contributed by atoms with van der Waals surface area (Å²) < 4.78 is 24.6. The minimum Gasteiger partial charge on any atom is -0.296 e. The standard InChI is InChI=1S/C7H3BrClF2NO/c8-6-3(7(10)11)1-5(9)12-4(6)2-13/h1-2,7H. The van der Waals surface area contributed by atoms with E-state index < -0.39 is 6.43 Å². The Morgan fingerprint density at radius 1 is 1.62 bits per heavy atom. The van der Waals surface area contributed by atoms with Gasteiger partial charge < -0.3 is 0 Å². The van der Waals surface area contributed by atoms with Crippen LogP contribution in [0.2, 0.25) is 5.15 Å². The highest BCUT2D eigenvalue weighted by Crippen LogP contribution is 2.30. The van der Waals surface area contributed by atoms with E-state index in [1.54, 1.807) is 0 Å². The lowest BCUT2D eigenvalue weighted by Gasteiger charge is -2.04. The Balaban J connectivity index is 3.35. The third-order valence-corrected chi connectivity index (χ3v) is 2.38. The van der Waals surface area contributed by atoms with Gasteiger partial charge in [-0.05, 0) is 22.0 Å². The normalized spacial score (nSPS) is 10.5. The number of hydrogen-bond acceptors (Lipinski definition) is 2. The molecule has 13 heavy (non-hydrogen) atoms. The van der Waals surface area contributed by atoms with Crippen LogP contribution in [-0.4, -0.2) is 11.3 Å². The van der Waals surface area contributed by atoms with E-state index in [-0.39, 0.29) is 20.9 Å². The first-order valence-corrected chi connectivity index (χ1v) is 4.32. The van der Waals surface area contributed by atoms with E-state index in [0.29, 0.717) is 6.29 Å². The molecular formula is C7H3BrClF2NO. The molecule has 0 aromatic carbocycles. The summed E-state index contributed by atoms with van der Waals surface area (Å²) >= 11 is 8.26. The van der Waals surface area contributed by atoms with E-state index in [9.17, 15) is 13.6 Å². The maximum atomic E-state index is 12.3. The molecule has 1 heterocycles. The largest absolute Gasteiger partial charge is 0.296 e. The predicted molar refractivity (Wildman–Crippen MR) is 47.3 cm³/mol.